The number of aromatic nitrogens is 1. The van der Waals surface area contributed by atoms with Gasteiger partial charge in [0.25, 0.3) is 0 Å². The van der Waals surface area contributed by atoms with Gasteiger partial charge < -0.3 is 14.5 Å². The number of nitrogens with zero attached hydrogens (tertiary/aromatic N) is 3. The van der Waals surface area contributed by atoms with Crippen LogP contribution in [0.4, 0.5) is 5.13 Å². The summed E-state index contributed by atoms with van der Waals surface area (Å²) in [5.74, 6) is 1.24. The van der Waals surface area contributed by atoms with Crippen molar-refractivity contribution in [2.75, 3.05) is 31.1 Å². The van der Waals surface area contributed by atoms with Crippen LogP contribution >= 0.6 is 11.3 Å². The van der Waals surface area contributed by atoms with E-state index in [9.17, 15) is 4.79 Å². The van der Waals surface area contributed by atoms with E-state index in [0.29, 0.717) is 12.5 Å². The Bertz CT molecular complexity index is 1060. The molecule has 1 aromatic heterocycles. The molecule has 2 aliphatic heterocycles. The van der Waals surface area contributed by atoms with E-state index in [0.717, 1.165) is 66.5 Å². The molecule has 0 aliphatic carbocycles. The number of amides is 1. The molecule has 5 nitrogen and oxygen atoms in total. The minimum atomic E-state index is 0.0509. The van der Waals surface area contributed by atoms with Crippen LogP contribution in [-0.2, 0) is 17.8 Å². The summed E-state index contributed by atoms with van der Waals surface area (Å²) in [5, 5.41) is 1.01. The van der Waals surface area contributed by atoms with Crippen molar-refractivity contribution in [3.05, 3.63) is 53.6 Å². The first kappa shape index (κ1) is 19.4. The number of hydrogen-bond acceptors (Lipinski definition) is 5. The van der Waals surface area contributed by atoms with E-state index in [1.807, 2.05) is 19.1 Å². The second-order valence-corrected chi connectivity index (χ2v) is 9.13. The number of anilines is 1. The molecule has 1 atom stereocenters. The van der Waals surface area contributed by atoms with Crippen molar-refractivity contribution in [1.29, 1.82) is 0 Å². The maximum atomic E-state index is 13.3. The number of rotatable bonds is 4. The normalized spacial score (nSPS) is 19.0. The first-order chi connectivity index (χ1) is 14.7. The van der Waals surface area contributed by atoms with Gasteiger partial charge in [-0.3, -0.25) is 4.79 Å². The molecule has 1 saturated heterocycles. The van der Waals surface area contributed by atoms with Gasteiger partial charge in [-0.05, 0) is 55.5 Å². The largest absolute Gasteiger partial charge is 0.494 e. The lowest BCUT2D eigenvalue weighted by Gasteiger charge is -2.36. The number of piperidine rings is 1. The Morgan fingerprint density at radius 1 is 1.20 bits per heavy atom. The number of ether oxygens (including phenoxy) is 1. The van der Waals surface area contributed by atoms with Crippen LogP contribution < -0.4 is 9.64 Å². The van der Waals surface area contributed by atoms with Crippen LogP contribution in [0.5, 0.6) is 5.75 Å². The molecule has 0 bridgehead atoms. The molecule has 0 spiro atoms. The first-order valence-corrected chi connectivity index (χ1v) is 11.7. The molecule has 5 rings (SSSR count). The SMILES string of the molecule is CCOc1ccc2nc(N3CCCC(C(=O)N4CCc5ccccc5C4)C3)sc2c1. The fraction of sp³-hybridized carbons (Fsp3) is 0.417. The van der Waals surface area contributed by atoms with Gasteiger partial charge >= 0.3 is 0 Å². The Labute approximate surface area is 181 Å². The Hall–Kier alpha value is -2.60. The Morgan fingerprint density at radius 3 is 2.93 bits per heavy atom. The van der Waals surface area contributed by atoms with Crippen molar-refractivity contribution >= 4 is 32.6 Å². The molecule has 1 unspecified atom stereocenters. The zero-order valence-electron chi connectivity index (χ0n) is 17.3. The summed E-state index contributed by atoms with van der Waals surface area (Å²) in [4.78, 5) is 22.5. The molecule has 6 heteroatoms. The highest BCUT2D eigenvalue weighted by atomic mass is 32.1. The van der Waals surface area contributed by atoms with E-state index in [-0.39, 0.29) is 5.92 Å². The van der Waals surface area contributed by atoms with Crippen molar-refractivity contribution < 1.29 is 9.53 Å². The maximum absolute atomic E-state index is 13.3. The van der Waals surface area contributed by atoms with Gasteiger partial charge in [0.2, 0.25) is 5.91 Å². The number of carbonyl (C=O) groups is 1. The molecule has 1 amide bonds. The number of fused-ring (bicyclic) bond motifs is 2. The van der Waals surface area contributed by atoms with E-state index in [4.69, 9.17) is 9.72 Å². The zero-order chi connectivity index (χ0) is 20.5. The average Bonchev–Trinajstić information content (AvgIpc) is 3.22. The first-order valence-electron chi connectivity index (χ1n) is 10.8. The molecule has 3 aromatic rings. The van der Waals surface area contributed by atoms with Crippen molar-refractivity contribution in [1.82, 2.24) is 9.88 Å². The molecular weight excluding hydrogens is 394 g/mol. The molecule has 30 heavy (non-hydrogen) atoms. The van der Waals surface area contributed by atoms with Gasteiger partial charge in [0, 0.05) is 26.2 Å². The highest BCUT2D eigenvalue weighted by Crippen LogP contribution is 2.34. The summed E-state index contributed by atoms with van der Waals surface area (Å²) in [5.41, 5.74) is 3.67. The Morgan fingerprint density at radius 2 is 2.07 bits per heavy atom. The van der Waals surface area contributed by atoms with E-state index in [1.165, 1.54) is 11.1 Å². The van der Waals surface area contributed by atoms with Crippen LogP contribution in [-0.4, -0.2) is 42.0 Å². The fourth-order valence-electron chi connectivity index (χ4n) is 4.58. The smallest absolute Gasteiger partial charge is 0.227 e. The van der Waals surface area contributed by atoms with Gasteiger partial charge in [-0.25, -0.2) is 4.98 Å². The molecule has 156 valence electrons. The molecule has 0 saturated carbocycles. The number of benzene rings is 2. The molecule has 0 radical (unpaired) electrons. The molecule has 2 aromatic carbocycles. The highest BCUT2D eigenvalue weighted by molar-refractivity contribution is 7.22. The monoisotopic (exact) mass is 421 g/mol. The lowest BCUT2D eigenvalue weighted by Crippen LogP contribution is -2.46. The summed E-state index contributed by atoms with van der Waals surface area (Å²) in [6.07, 6.45) is 2.95. The topological polar surface area (TPSA) is 45.7 Å². The van der Waals surface area contributed by atoms with Crippen molar-refractivity contribution in [2.24, 2.45) is 5.92 Å². The predicted octanol–water partition coefficient (Wildman–Crippen LogP) is 4.50. The summed E-state index contributed by atoms with van der Waals surface area (Å²) in [7, 11) is 0. The van der Waals surface area contributed by atoms with Crippen molar-refractivity contribution in [3.8, 4) is 5.75 Å². The summed E-state index contributed by atoms with van der Waals surface area (Å²) in [6, 6.07) is 14.6. The van der Waals surface area contributed by atoms with Gasteiger partial charge in [-0.1, -0.05) is 35.6 Å². The van der Waals surface area contributed by atoms with E-state index in [1.54, 1.807) is 11.3 Å². The second-order valence-electron chi connectivity index (χ2n) is 8.12. The highest BCUT2D eigenvalue weighted by Gasteiger charge is 2.32. The molecule has 1 fully saturated rings. The van der Waals surface area contributed by atoms with Crippen molar-refractivity contribution in [3.63, 3.8) is 0 Å². The summed E-state index contributed by atoms with van der Waals surface area (Å²) in [6.45, 7) is 5.95. The lowest BCUT2D eigenvalue weighted by atomic mass is 9.94. The van der Waals surface area contributed by atoms with Crippen LogP contribution in [0.1, 0.15) is 30.9 Å². The minimum Gasteiger partial charge on any atom is -0.494 e. The van der Waals surface area contributed by atoms with Crippen molar-refractivity contribution in [2.45, 2.75) is 32.7 Å². The summed E-state index contributed by atoms with van der Waals surface area (Å²) < 4.78 is 6.76. The van der Waals surface area contributed by atoms with E-state index in [2.05, 4.69) is 40.1 Å². The van der Waals surface area contributed by atoms with Gasteiger partial charge in [0.15, 0.2) is 5.13 Å². The van der Waals surface area contributed by atoms with Crippen LogP contribution in [0.2, 0.25) is 0 Å². The second kappa shape index (κ2) is 8.26. The van der Waals surface area contributed by atoms with Crippen LogP contribution in [0.15, 0.2) is 42.5 Å². The zero-order valence-corrected chi connectivity index (χ0v) is 18.2. The van der Waals surface area contributed by atoms with Crippen LogP contribution in [0.3, 0.4) is 0 Å². The number of thiazole rings is 1. The number of hydrogen-bond donors (Lipinski definition) is 0. The minimum absolute atomic E-state index is 0.0509. The molecule has 0 N–H and O–H groups in total. The van der Waals surface area contributed by atoms with Crippen LogP contribution in [0, 0.1) is 5.92 Å². The third kappa shape index (κ3) is 3.76. The standard InChI is InChI=1S/C24H27N3O2S/c1-2-29-20-9-10-21-22(14-20)30-24(25-21)27-12-5-8-19(16-27)23(28)26-13-11-17-6-3-4-7-18(17)15-26/h3-4,6-7,9-10,14,19H,2,5,8,11-13,15-16H2,1H3. The Kier molecular flexibility index (Phi) is 5.34. The average molecular weight is 422 g/mol. The molecule has 2 aliphatic rings. The van der Waals surface area contributed by atoms with Gasteiger partial charge in [-0.2, -0.15) is 0 Å². The number of carbonyl (C=O) groups excluding carboxylic acids is 1. The predicted molar refractivity (Wildman–Crippen MR) is 121 cm³/mol. The third-order valence-corrected chi connectivity index (χ3v) is 7.22. The van der Waals surface area contributed by atoms with Gasteiger partial charge in [0.1, 0.15) is 5.75 Å². The summed E-state index contributed by atoms with van der Waals surface area (Å²) >= 11 is 1.69. The van der Waals surface area contributed by atoms with Gasteiger partial charge in [0.05, 0.1) is 22.7 Å². The maximum Gasteiger partial charge on any atom is 0.227 e. The quantitative estimate of drug-likeness (QED) is 0.622. The van der Waals surface area contributed by atoms with E-state index >= 15 is 0 Å². The lowest BCUT2D eigenvalue weighted by molar-refractivity contribution is -0.136. The van der Waals surface area contributed by atoms with Gasteiger partial charge in [-0.15, -0.1) is 0 Å². The molecule has 3 heterocycles. The Balaban J connectivity index is 1.30. The fourth-order valence-corrected chi connectivity index (χ4v) is 5.61. The molecular formula is C24H27N3O2S. The third-order valence-electron chi connectivity index (χ3n) is 6.14. The van der Waals surface area contributed by atoms with Crippen LogP contribution in [0.25, 0.3) is 10.2 Å². The van der Waals surface area contributed by atoms with E-state index < -0.39 is 0 Å².